The Hall–Kier alpha value is -0.300. The Kier molecular flexibility index (Phi) is 5.64. The van der Waals surface area contributed by atoms with Crippen LogP contribution in [0.2, 0.25) is 0 Å². The molecule has 9 heavy (non-hydrogen) atoms. The van der Waals surface area contributed by atoms with E-state index < -0.39 is 0 Å². The second-order valence-electron chi connectivity index (χ2n) is 2.21. The van der Waals surface area contributed by atoms with E-state index in [-0.39, 0.29) is 6.10 Å². The first kappa shape index (κ1) is 8.70. The second-order valence-corrected chi connectivity index (χ2v) is 2.21. The van der Waals surface area contributed by atoms with Crippen LogP contribution in [0.3, 0.4) is 0 Å². The molecule has 1 nitrogen and oxygen atoms in total. The molecule has 0 bridgehead atoms. The molecule has 1 heteroatoms. The highest BCUT2D eigenvalue weighted by Crippen LogP contribution is 2.00. The summed E-state index contributed by atoms with van der Waals surface area (Å²) in [6.45, 7) is 4.00. The van der Waals surface area contributed by atoms with Crippen LogP contribution in [0.15, 0.2) is 12.2 Å². The van der Waals surface area contributed by atoms with E-state index in [9.17, 15) is 0 Å². The van der Waals surface area contributed by atoms with Gasteiger partial charge >= 0.3 is 0 Å². The van der Waals surface area contributed by atoms with Crippen molar-refractivity contribution in [3.63, 3.8) is 0 Å². The molecule has 0 aromatic heterocycles. The molecule has 0 heterocycles. The fourth-order valence-corrected chi connectivity index (χ4v) is 0.659. The highest BCUT2D eigenvalue weighted by atomic mass is 16.3. The molecule has 0 fully saturated rings. The minimum atomic E-state index is -0.0961. The maximum absolute atomic E-state index is 9.05. The molecule has 0 amide bonds. The molecule has 0 aliphatic carbocycles. The Balaban J connectivity index is 3.06. The number of hydrogen-bond acceptors (Lipinski definition) is 1. The van der Waals surface area contributed by atoms with Crippen molar-refractivity contribution < 1.29 is 5.11 Å². The van der Waals surface area contributed by atoms with Crippen LogP contribution >= 0.6 is 0 Å². The van der Waals surface area contributed by atoms with Gasteiger partial charge in [0.15, 0.2) is 0 Å². The first-order chi connectivity index (χ1) is 4.31. The molecular formula is C8H16O. The zero-order valence-electron chi connectivity index (χ0n) is 6.30. The van der Waals surface area contributed by atoms with Gasteiger partial charge in [-0.1, -0.05) is 19.1 Å². The van der Waals surface area contributed by atoms with Crippen molar-refractivity contribution in [2.24, 2.45) is 0 Å². The molecule has 54 valence electrons. The van der Waals surface area contributed by atoms with Crippen molar-refractivity contribution >= 4 is 0 Å². The lowest BCUT2D eigenvalue weighted by molar-refractivity contribution is 0.161. The largest absolute Gasteiger partial charge is 0.393 e. The lowest BCUT2D eigenvalue weighted by Crippen LogP contribution is -2.02. The van der Waals surface area contributed by atoms with Gasteiger partial charge in [-0.2, -0.15) is 0 Å². The summed E-state index contributed by atoms with van der Waals surface area (Å²) >= 11 is 0. The number of hydrogen-bond donors (Lipinski definition) is 1. The van der Waals surface area contributed by atoms with E-state index >= 15 is 0 Å². The third kappa shape index (κ3) is 5.57. The Labute approximate surface area is 57.4 Å². The molecule has 0 unspecified atom stereocenters. The van der Waals surface area contributed by atoms with Crippen molar-refractivity contribution in [3.8, 4) is 0 Å². The predicted octanol–water partition coefficient (Wildman–Crippen LogP) is 2.11. The molecule has 0 aliphatic rings. The van der Waals surface area contributed by atoms with E-state index in [1.54, 1.807) is 0 Å². The molecule has 0 saturated heterocycles. The highest BCUT2D eigenvalue weighted by Gasteiger charge is 1.95. The first-order valence-corrected chi connectivity index (χ1v) is 3.60. The summed E-state index contributed by atoms with van der Waals surface area (Å²) in [5.74, 6) is 0. The maximum Gasteiger partial charge on any atom is 0.0540 e. The van der Waals surface area contributed by atoms with Gasteiger partial charge in [-0.25, -0.2) is 0 Å². The van der Waals surface area contributed by atoms with Gasteiger partial charge in [0, 0.05) is 0 Å². The van der Waals surface area contributed by atoms with Crippen molar-refractivity contribution in [2.45, 2.75) is 39.2 Å². The molecule has 0 spiro atoms. The quantitative estimate of drug-likeness (QED) is 0.575. The number of aliphatic hydroxyl groups is 1. The lowest BCUT2D eigenvalue weighted by Gasteiger charge is -2.02. The van der Waals surface area contributed by atoms with E-state index in [1.807, 2.05) is 19.9 Å². The number of allylic oxidation sites excluding steroid dienone is 2. The Morgan fingerprint density at radius 2 is 2.22 bits per heavy atom. The summed E-state index contributed by atoms with van der Waals surface area (Å²) < 4.78 is 0. The van der Waals surface area contributed by atoms with Crippen LogP contribution in [0.5, 0.6) is 0 Å². The molecule has 0 aromatic carbocycles. The Morgan fingerprint density at radius 1 is 1.56 bits per heavy atom. The van der Waals surface area contributed by atoms with Crippen molar-refractivity contribution in [1.82, 2.24) is 0 Å². The van der Waals surface area contributed by atoms with Crippen molar-refractivity contribution in [1.29, 1.82) is 0 Å². The molecule has 1 N–H and O–H groups in total. The minimum Gasteiger partial charge on any atom is -0.393 e. The van der Waals surface area contributed by atoms with Crippen LogP contribution in [0.4, 0.5) is 0 Å². The molecule has 0 rings (SSSR count). The fourth-order valence-electron chi connectivity index (χ4n) is 0.659. The van der Waals surface area contributed by atoms with E-state index in [0.29, 0.717) is 0 Å². The van der Waals surface area contributed by atoms with Gasteiger partial charge in [-0.3, -0.25) is 0 Å². The second kappa shape index (κ2) is 5.83. The van der Waals surface area contributed by atoms with Gasteiger partial charge in [0.1, 0.15) is 0 Å². The standard InChI is InChI=1S/C8H16O/c1-3-5-6-7-8(9)4-2/h3,5,8-9H,4,6-7H2,1-2H3/t8-/m1/s1. The summed E-state index contributed by atoms with van der Waals surface area (Å²) in [6, 6.07) is 0. The molecule has 0 saturated carbocycles. The zero-order valence-corrected chi connectivity index (χ0v) is 6.30. The van der Waals surface area contributed by atoms with E-state index in [4.69, 9.17) is 5.11 Å². The summed E-state index contributed by atoms with van der Waals surface area (Å²) in [5.41, 5.74) is 0. The Bertz CT molecular complexity index is 76.6. The average molecular weight is 128 g/mol. The minimum absolute atomic E-state index is 0.0961. The molecular weight excluding hydrogens is 112 g/mol. The van der Waals surface area contributed by atoms with Crippen LogP contribution < -0.4 is 0 Å². The molecule has 0 radical (unpaired) electrons. The van der Waals surface area contributed by atoms with E-state index in [1.165, 1.54) is 0 Å². The smallest absolute Gasteiger partial charge is 0.0540 e. The van der Waals surface area contributed by atoms with Gasteiger partial charge in [0.2, 0.25) is 0 Å². The number of aliphatic hydroxyl groups excluding tert-OH is 1. The third-order valence-electron chi connectivity index (χ3n) is 1.37. The Morgan fingerprint density at radius 3 is 2.67 bits per heavy atom. The highest BCUT2D eigenvalue weighted by molar-refractivity contribution is 4.77. The summed E-state index contributed by atoms with van der Waals surface area (Å²) in [5, 5.41) is 9.05. The average Bonchev–Trinajstić information content (AvgIpc) is 1.89. The predicted molar refractivity (Wildman–Crippen MR) is 40.3 cm³/mol. The third-order valence-corrected chi connectivity index (χ3v) is 1.37. The van der Waals surface area contributed by atoms with E-state index in [2.05, 4.69) is 6.08 Å². The van der Waals surface area contributed by atoms with Gasteiger partial charge in [-0.05, 0) is 26.2 Å². The van der Waals surface area contributed by atoms with Crippen LogP contribution in [0, 0.1) is 0 Å². The first-order valence-electron chi connectivity index (χ1n) is 3.60. The normalized spacial score (nSPS) is 14.6. The maximum atomic E-state index is 9.05. The summed E-state index contributed by atoms with van der Waals surface area (Å²) in [6.07, 6.45) is 6.78. The molecule has 0 aliphatic heterocycles. The van der Waals surface area contributed by atoms with E-state index in [0.717, 1.165) is 19.3 Å². The van der Waals surface area contributed by atoms with Gasteiger partial charge in [0.05, 0.1) is 6.10 Å². The number of rotatable bonds is 4. The van der Waals surface area contributed by atoms with Crippen LogP contribution in [0.25, 0.3) is 0 Å². The monoisotopic (exact) mass is 128 g/mol. The molecule has 0 aromatic rings. The van der Waals surface area contributed by atoms with Crippen molar-refractivity contribution in [3.05, 3.63) is 12.2 Å². The van der Waals surface area contributed by atoms with Crippen molar-refractivity contribution in [2.75, 3.05) is 0 Å². The zero-order chi connectivity index (χ0) is 7.11. The van der Waals surface area contributed by atoms with Gasteiger partial charge in [-0.15, -0.1) is 0 Å². The van der Waals surface area contributed by atoms with Crippen LogP contribution in [-0.2, 0) is 0 Å². The topological polar surface area (TPSA) is 20.2 Å². The lowest BCUT2D eigenvalue weighted by atomic mass is 10.1. The van der Waals surface area contributed by atoms with Crippen LogP contribution in [0.1, 0.15) is 33.1 Å². The summed E-state index contributed by atoms with van der Waals surface area (Å²) in [7, 11) is 0. The van der Waals surface area contributed by atoms with Gasteiger partial charge < -0.3 is 5.11 Å². The SMILES string of the molecule is CC=CCC[C@H](O)CC. The van der Waals surface area contributed by atoms with Gasteiger partial charge in [0.25, 0.3) is 0 Å². The summed E-state index contributed by atoms with van der Waals surface area (Å²) in [4.78, 5) is 0. The van der Waals surface area contributed by atoms with Crippen LogP contribution in [-0.4, -0.2) is 11.2 Å². The fraction of sp³-hybridized carbons (Fsp3) is 0.750. The molecule has 1 atom stereocenters.